The Labute approximate surface area is 113 Å². The summed E-state index contributed by atoms with van der Waals surface area (Å²) in [5.41, 5.74) is 0.734. The predicted octanol–water partition coefficient (Wildman–Crippen LogP) is 0.540. The average molecular weight is 285 g/mol. The highest BCUT2D eigenvalue weighted by atomic mass is 32.2. The lowest BCUT2D eigenvalue weighted by Gasteiger charge is -2.17. The van der Waals surface area contributed by atoms with Crippen molar-refractivity contribution in [3.05, 3.63) is 23.8 Å². The van der Waals surface area contributed by atoms with E-state index in [4.69, 9.17) is 5.14 Å². The number of hydrogen-bond acceptors (Lipinski definition) is 4. The molecule has 1 rings (SSSR count). The molecule has 0 bridgehead atoms. The summed E-state index contributed by atoms with van der Waals surface area (Å²) in [5.74, 6) is -0.308. The lowest BCUT2D eigenvalue weighted by Crippen LogP contribution is -2.25. The van der Waals surface area contributed by atoms with Crippen LogP contribution in [-0.2, 0) is 10.0 Å². The van der Waals surface area contributed by atoms with Crippen LogP contribution in [0, 0.1) is 0 Å². The minimum Gasteiger partial charge on any atom is -0.377 e. The zero-order valence-corrected chi connectivity index (χ0v) is 12.1. The molecule has 0 unspecified atom stereocenters. The van der Waals surface area contributed by atoms with E-state index in [1.54, 1.807) is 31.1 Å². The highest BCUT2D eigenvalue weighted by molar-refractivity contribution is 7.89. The number of hydrogen-bond donors (Lipinski definition) is 2. The van der Waals surface area contributed by atoms with Crippen LogP contribution in [0.15, 0.2) is 23.1 Å². The van der Waals surface area contributed by atoms with Crippen molar-refractivity contribution in [2.24, 2.45) is 5.14 Å². The van der Waals surface area contributed by atoms with Crippen LogP contribution in [-0.4, -0.2) is 35.0 Å². The first-order valence-electron chi connectivity index (χ1n) is 5.89. The summed E-state index contributed by atoms with van der Waals surface area (Å²) >= 11 is 0. The number of amides is 1. The van der Waals surface area contributed by atoms with Gasteiger partial charge in [-0.25, -0.2) is 13.6 Å². The normalized spacial score (nSPS) is 11.2. The molecule has 6 nitrogen and oxygen atoms in total. The van der Waals surface area contributed by atoms with Crippen molar-refractivity contribution in [3.8, 4) is 0 Å². The van der Waals surface area contributed by atoms with Gasteiger partial charge in [-0.1, -0.05) is 6.92 Å². The maximum atomic E-state index is 11.8. The van der Waals surface area contributed by atoms with Gasteiger partial charge < -0.3 is 10.2 Å². The molecule has 0 atom stereocenters. The summed E-state index contributed by atoms with van der Waals surface area (Å²) < 4.78 is 23.1. The zero-order valence-electron chi connectivity index (χ0n) is 11.3. The number of nitrogens with two attached hydrogens (primary N) is 1. The van der Waals surface area contributed by atoms with E-state index in [0.717, 1.165) is 6.42 Å². The molecule has 0 spiro atoms. The van der Waals surface area contributed by atoms with Crippen molar-refractivity contribution in [2.75, 3.05) is 25.5 Å². The number of nitrogens with one attached hydrogen (secondary N) is 1. The van der Waals surface area contributed by atoms with Crippen molar-refractivity contribution in [1.82, 2.24) is 5.32 Å². The fourth-order valence-corrected chi connectivity index (χ4v) is 2.43. The van der Waals surface area contributed by atoms with E-state index in [-0.39, 0.29) is 16.4 Å². The van der Waals surface area contributed by atoms with Crippen LogP contribution in [0.4, 0.5) is 5.69 Å². The Kier molecular flexibility index (Phi) is 4.90. The molecule has 0 radical (unpaired) electrons. The number of sulfonamides is 1. The molecule has 1 aromatic carbocycles. The van der Waals surface area contributed by atoms with Gasteiger partial charge in [0.15, 0.2) is 0 Å². The first-order valence-corrected chi connectivity index (χ1v) is 7.44. The van der Waals surface area contributed by atoms with Crippen molar-refractivity contribution in [1.29, 1.82) is 0 Å². The van der Waals surface area contributed by atoms with Crippen LogP contribution in [0.25, 0.3) is 0 Å². The number of carbonyl (C=O) groups is 1. The van der Waals surface area contributed by atoms with Crippen molar-refractivity contribution < 1.29 is 13.2 Å². The van der Waals surface area contributed by atoms with Gasteiger partial charge in [0, 0.05) is 26.2 Å². The second kappa shape index (κ2) is 6.03. The third-order valence-electron chi connectivity index (χ3n) is 2.55. The van der Waals surface area contributed by atoms with Gasteiger partial charge in [0.1, 0.15) is 4.90 Å². The first-order chi connectivity index (χ1) is 8.77. The van der Waals surface area contributed by atoms with Crippen LogP contribution in [0.3, 0.4) is 0 Å². The van der Waals surface area contributed by atoms with Gasteiger partial charge >= 0.3 is 0 Å². The van der Waals surface area contributed by atoms with E-state index in [9.17, 15) is 13.2 Å². The predicted molar refractivity (Wildman–Crippen MR) is 74.8 cm³/mol. The quantitative estimate of drug-likeness (QED) is 0.826. The molecule has 0 heterocycles. The van der Waals surface area contributed by atoms with Crippen molar-refractivity contribution in [2.45, 2.75) is 18.2 Å². The van der Waals surface area contributed by atoms with E-state index in [0.29, 0.717) is 12.2 Å². The topological polar surface area (TPSA) is 92.5 Å². The Morgan fingerprint density at radius 3 is 2.47 bits per heavy atom. The minimum atomic E-state index is -3.88. The molecule has 0 aliphatic carbocycles. The molecular weight excluding hydrogens is 266 g/mol. The average Bonchev–Trinajstić information content (AvgIpc) is 2.34. The molecule has 0 aliphatic rings. The molecule has 0 fully saturated rings. The summed E-state index contributed by atoms with van der Waals surface area (Å²) in [4.78, 5) is 13.4. The summed E-state index contributed by atoms with van der Waals surface area (Å²) in [6, 6.07) is 4.45. The lowest BCUT2D eigenvalue weighted by atomic mass is 10.2. The third-order valence-corrected chi connectivity index (χ3v) is 3.49. The maximum Gasteiger partial charge on any atom is 0.251 e. The standard InChI is InChI=1S/C12H19N3O3S/c1-4-7-14-12(16)9-5-6-10(15(2)3)11(8-9)19(13,17)18/h5-6,8H,4,7H2,1-3H3,(H,14,16)(H2,13,17,18). The summed E-state index contributed by atoms with van der Waals surface area (Å²) in [5, 5.41) is 7.87. The van der Waals surface area contributed by atoms with E-state index in [2.05, 4.69) is 5.32 Å². The Morgan fingerprint density at radius 2 is 2.00 bits per heavy atom. The first kappa shape index (κ1) is 15.5. The second-order valence-electron chi connectivity index (χ2n) is 4.38. The van der Waals surface area contributed by atoms with Crippen LogP contribution in [0.2, 0.25) is 0 Å². The highest BCUT2D eigenvalue weighted by Crippen LogP contribution is 2.23. The number of anilines is 1. The molecule has 106 valence electrons. The molecule has 7 heteroatoms. The van der Waals surface area contributed by atoms with E-state index in [1.165, 1.54) is 6.07 Å². The van der Waals surface area contributed by atoms with Gasteiger partial charge in [-0.2, -0.15) is 0 Å². The Morgan fingerprint density at radius 1 is 1.37 bits per heavy atom. The lowest BCUT2D eigenvalue weighted by molar-refractivity contribution is 0.0953. The Balaban J connectivity index is 3.23. The number of carbonyl (C=O) groups excluding carboxylic acids is 1. The monoisotopic (exact) mass is 285 g/mol. The molecule has 3 N–H and O–H groups in total. The molecule has 0 aromatic heterocycles. The van der Waals surface area contributed by atoms with Crippen molar-refractivity contribution in [3.63, 3.8) is 0 Å². The number of primary sulfonamides is 1. The molecule has 19 heavy (non-hydrogen) atoms. The fourth-order valence-electron chi connectivity index (χ4n) is 1.59. The number of nitrogens with zero attached hydrogens (tertiary/aromatic N) is 1. The minimum absolute atomic E-state index is 0.0540. The maximum absolute atomic E-state index is 11.8. The summed E-state index contributed by atoms with van der Waals surface area (Å²) in [6.07, 6.45) is 0.809. The Hall–Kier alpha value is -1.60. The van der Waals surface area contributed by atoms with E-state index >= 15 is 0 Å². The van der Waals surface area contributed by atoms with Gasteiger partial charge in [0.25, 0.3) is 5.91 Å². The summed E-state index contributed by atoms with van der Waals surface area (Å²) in [6.45, 7) is 2.48. The smallest absolute Gasteiger partial charge is 0.251 e. The van der Waals surface area contributed by atoms with Gasteiger partial charge in [-0.05, 0) is 24.6 Å². The van der Waals surface area contributed by atoms with E-state index < -0.39 is 10.0 Å². The SMILES string of the molecule is CCCNC(=O)c1ccc(N(C)C)c(S(N)(=O)=O)c1. The van der Waals surface area contributed by atoms with Gasteiger partial charge in [-0.15, -0.1) is 0 Å². The van der Waals surface area contributed by atoms with E-state index in [1.807, 2.05) is 6.92 Å². The van der Waals surface area contributed by atoms with Crippen molar-refractivity contribution >= 4 is 21.6 Å². The van der Waals surface area contributed by atoms with Gasteiger partial charge in [-0.3, -0.25) is 4.79 Å². The van der Waals surface area contributed by atoms with Crippen LogP contribution < -0.4 is 15.4 Å². The molecule has 0 aliphatic heterocycles. The van der Waals surface area contributed by atoms with Gasteiger partial charge in [0.05, 0.1) is 5.69 Å². The zero-order chi connectivity index (χ0) is 14.6. The third kappa shape index (κ3) is 3.93. The molecule has 0 saturated heterocycles. The van der Waals surface area contributed by atoms with Gasteiger partial charge in [0.2, 0.25) is 10.0 Å². The molecular formula is C12H19N3O3S. The second-order valence-corrected chi connectivity index (χ2v) is 5.91. The molecule has 1 amide bonds. The highest BCUT2D eigenvalue weighted by Gasteiger charge is 2.18. The van der Waals surface area contributed by atoms with Crippen LogP contribution >= 0.6 is 0 Å². The largest absolute Gasteiger partial charge is 0.377 e. The number of rotatable bonds is 5. The fraction of sp³-hybridized carbons (Fsp3) is 0.417. The Bertz CT molecular complexity index is 568. The summed E-state index contributed by atoms with van der Waals surface area (Å²) in [7, 11) is -0.458. The molecule has 0 saturated carbocycles. The number of benzene rings is 1. The van der Waals surface area contributed by atoms with Crippen LogP contribution in [0.5, 0.6) is 0 Å². The molecule has 1 aromatic rings. The van der Waals surface area contributed by atoms with Crippen LogP contribution in [0.1, 0.15) is 23.7 Å².